The first-order valence-electron chi connectivity index (χ1n) is 11.7. The Bertz CT molecular complexity index is 1330. The number of nitrogens with one attached hydrogen (secondary N) is 3. The van der Waals surface area contributed by atoms with E-state index in [4.69, 9.17) is 11.6 Å². The molecule has 38 heavy (non-hydrogen) atoms. The van der Waals surface area contributed by atoms with Gasteiger partial charge in [0.1, 0.15) is 11.9 Å². The Hall–Kier alpha value is -3.87. The summed E-state index contributed by atoms with van der Waals surface area (Å²) in [6.07, 6.45) is 2.07. The first kappa shape index (κ1) is 27.2. The maximum absolute atomic E-state index is 13.4. The van der Waals surface area contributed by atoms with Crippen molar-refractivity contribution < 1.29 is 19.2 Å². The molecule has 1 atom stereocenters. The Morgan fingerprint density at radius 3 is 2.61 bits per heavy atom. The topological polar surface area (TPSA) is 137 Å². The minimum absolute atomic E-state index is 0.137. The number of amides is 4. The number of benzene rings is 1. The Kier molecular flexibility index (Phi) is 8.66. The van der Waals surface area contributed by atoms with Crippen molar-refractivity contribution in [1.29, 1.82) is 0 Å². The molecule has 1 unspecified atom stereocenters. The SMILES string of the molecule is CN1CCc2nc(C(=O)NC(CNC(=O)C(=O)Nc3ccc(Cl)cn3)C(=O)N(C)c3ccccc3)sc2C1. The Balaban J connectivity index is 1.46. The van der Waals surface area contributed by atoms with E-state index >= 15 is 0 Å². The zero-order valence-electron chi connectivity index (χ0n) is 20.7. The standard InChI is InChI=1S/C25H26ClN7O4S/c1-32-11-10-17-19(14-32)38-24(30-17)23(36)29-18(25(37)33(2)16-6-4-3-5-7-16)13-28-21(34)22(35)31-20-9-8-15(26)12-27-20/h3-9,12,18H,10-11,13-14H2,1-2H3,(H,28,34)(H,29,36)(H,27,31,35). The van der Waals surface area contributed by atoms with Crippen molar-refractivity contribution in [1.82, 2.24) is 25.5 Å². The summed E-state index contributed by atoms with van der Waals surface area (Å²) >= 11 is 7.07. The molecule has 11 nitrogen and oxygen atoms in total. The number of rotatable bonds is 7. The zero-order valence-corrected chi connectivity index (χ0v) is 22.3. The average Bonchev–Trinajstić information content (AvgIpc) is 3.35. The maximum Gasteiger partial charge on any atom is 0.314 e. The molecule has 4 amide bonds. The van der Waals surface area contributed by atoms with Gasteiger partial charge in [-0.25, -0.2) is 9.97 Å². The number of anilines is 2. The highest BCUT2D eigenvalue weighted by Crippen LogP contribution is 2.24. The highest BCUT2D eigenvalue weighted by Gasteiger charge is 2.29. The molecule has 1 aromatic carbocycles. The molecule has 0 saturated heterocycles. The summed E-state index contributed by atoms with van der Waals surface area (Å²) in [7, 11) is 3.56. The number of likely N-dealkylation sites (N-methyl/N-ethyl adjacent to an activating group) is 2. The van der Waals surface area contributed by atoms with E-state index in [1.807, 2.05) is 13.1 Å². The fourth-order valence-electron chi connectivity index (χ4n) is 3.75. The minimum atomic E-state index is -1.17. The number of hydrogen-bond donors (Lipinski definition) is 3. The summed E-state index contributed by atoms with van der Waals surface area (Å²) < 4.78 is 0. The Labute approximate surface area is 228 Å². The predicted octanol–water partition coefficient (Wildman–Crippen LogP) is 1.70. The number of nitrogens with zero attached hydrogens (tertiary/aromatic N) is 4. The van der Waals surface area contributed by atoms with Crippen LogP contribution in [-0.4, -0.2) is 71.7 Å². The van der Waals surface area contributed by atoms with E-state index in [2.05, 4.69) is 30.8 Å². The van der Waals surface area contributed by atoms with E-state index in [1.54, 1.807) is 31.3 Å². The summed E-state index contributed by atoms with van der Waals surface area (Å²) in [6.45, 7) is 1.23. The molecule has 0 spiro atoms. The molecule has 4 rings (SSSR count). The third-order valence-electron chi connectivity index (χ3n) is 5.84. The van der Waals surface area contributed by atoms with Gasteiger partial charge in [-0.2, -0.15) is 0 Å². The first-order chi connectivity index (χ1) is 18.2. The molecular formula is C25H26ClN7O4S. The molecule has 1 aliphatic heterocycles. The molecule has 1 aliphatic rings. The molecular weight excluding hydrogens is 530 g/mol. The van der Waals surface area contributed by atoms with Gasteiger partial charge in [0.15, 0.2) is 5.01 Å². The molecule has 0 saturated carbocycles. The highest BCUT2D eigenvalue weighted by atomic mass is 35.5. The number of aromatic nitrogens is 2. The monoisotopic (exact) mass is 555 g/mol. The number of halogens is 1. The summed E-state index contributed by atoms with van der Waals surface area (Å²) in [5.41, 5.74) is 1.48. The van der Waals surface area contributed by atoms with Crippen LogP contribution in [-0.2, 0) is 27.3 Å². The normalized spacial score (nSPS) is 13.7. The van der Waals surface area contributed by atoms with E-state index in [1.165, 1.54) is 34.6 Å². The van der Waals surface area contributed by atoms with Crippen LogP contribution in [0.4, 0.5) is 11.5 Å². The number of thiazole rings is 1. The van der Waals surface area contributed by atoms with Gasteiger partial charge in [0.25, 0.3) is 11.8 Å². The second-order valence-corrected chi connectivity index (χ2v) is 10.2. The maximum atomic E-state index is 13.4. The minimum Gasteiger partial charge on any atom is -0.345 e. The van der Waals surface area contributed by atoms with Gasteiger partial charge in [-0.15, -0.1) is 11.3 Å². The van der Waals surface area contributed by atoms with Gasteiger partial charge in [-0.1, -0.05) is 29.8 Å². The van der Waals surface area contributed by atoms with Crippen LogP contribution in [0.25, 0.3) is 0 Å². The Morgan fingerprint density at radius 2 is 1.89 bits per heavy atom. The molecule has 0 fully saturated rings. The summed E-state index contributed by atoms with van der Waals surface area (Å²) in [5.74, 6) is -2.85. The lowest BCUT2D eigenvalue weighted by atomic mass is 10.2. The smallest absolute Gasteiger partial charge is 0.314 e. The number of para-hydroxylation sites is 1. The van der Waals surface area contributed by atoms with Gasteiger partial charge in [0.05, 0.1) is 10.7 Å². The van der Waals surface area contributed by atoms with E-state index < -0.39 is 29.7 Å². The second kappa shape index (κ2) is 12.1. The molecule has 0 radical (unpaired) electrons. The van der Waals surface area contributed by atoms with Gasteiger partial charge < -0.3 is 25.8 Å². The Morgan fingerprint density at radius 1 is 1.13 bits per heavy atom. The van der Waals surface area contributed by atoms with Gasteiger partial charge in [-0.05, 0) is 31.3 Å². The quantitative estimate of drug-likeness (QED) is 0.377. The zero-order chi connectivity index (χ0) is 27.2. The van der Waals surface area contributed by atoms with Crippen LogP contribution >= 0.6 is 22.9 Å². The molecule has 3 N–H and O–H groups in total. The number of hydrogen-bond acceptors (Lipinski definition) is 8. The van der Waals surface area contributed by atoms with Gasteiger partial charge in [0.2, 0.25) is 0 Å². The summed E-state index contributed by atoms with van der Waals surface area (Å²) in [5, 5.41) is 8.07. The lowest BCUT2D eigenvalue weighted by molar-refractivity contribution is -0.136. The largest absolute Gasteiger partial charge is 0.345 e. The molecule has 13 heteroatoms. The summed E-state index contributed by atoms with van der Waals surface area (Å²) in [4.78, 5) is 64.2. The second-order valence-electron chi connectivity index (χ2n) is 8.66. The van der Waals surface area contributed by atoms with Crippen LogP contribution in [0.2, 0.25) is 5.02 Å². The van der Waals surface area contributed by atoms with Crippen LogP contribution in [0.3, 0.4) is 0 Å². The van der Waals surface area contributed by atoms with Crippen molar-refractivity contribution in [2.45, 2.75) is 19.0 Å². The molecule has 3 heterocycles. The average molecular weight is 556 g/mol. The van der Waals surface area contributed by atoms with E-state index in [0.717, 1.165) is 23.5 Å². The van der Waals surface area contributed by atoms with Crippen molar-refractivity contribution in [3.63, 3.8) is 0 Å². The summed E-state index contributed by atoms with van der Waals surface area (Å²) in [6, 6.07) is 10.7. The number of carbonyl (C=O) groups excluding carboxylic acids is 4. The fraction of sp³-hybridized carbons (Fsp3) is 0.280. The van der Waals surface area contributed by atoms with E-state index in [-0.39, 0.29) is 17.4 Å². The van der Waals surface area contributed by atoms with Gasteiger partial charge >= 0.3 is 11.8 Å². The number of fused-ring (bicyclic) bond motifs is 1. The third kappa shape index (κ3) is 6.71. The lowest BCUT2D eigenvalue weighted by Crippen LogP contribution is -2.54. The van der Waals surface area contributed by atoms with Crippen molar-refractivity contribution in [3.05, 3.63) is 69.3 Å². The first-order valence-corrected chi connectivity index (χ1v) is 12.9. The fourth-order valence-corrected chi connectivity index (χ4v) is 4.95. The van der Waals surface area contributed by atoms with Crippen LogP contribution in [0.1, 0.15) is 20.4 Å². The van der Waals surface area contributed by atoms with E-state index in [0.29, 0.717) is 17.3 Å². The number of pyridine rings is 1. The highest BCUT2D eigenvalue weighted by molar-refractivity contribution is 7.13. The van der Waals surface area contributed by atoms with Crippen molar-refractivity contribution >= 4 is 58.1 Å². The number of carbonyl (C=O) groups is 4. The van der Waals surface area contributed by atoms with Crippen LogP contribution in [0.15, 0.2) is 48.7 Å². The van der Waals surface area contributed by atoms with Crippen molar-refractivity contribution in [2.75, 3.05) is 37.4 Å². The molecule has 0 bridgehead atoms. The molecule has 198 valence electrons. The van der Waals surface area contributed by atoms with Crippen LogP contribution in [0.5, 0.6) is 0 Å². The molecule has 0 aliphatic carbocycles. The molecule has 2 aromatic heterocycles. The van der Waals surface area contributed by atoms with Crippen LogP contribution < -0.4 is 20.9 Å². The predicted molar refractivity (Wildman–Crippen MR) is 144 cm³/mol. The lowest BCUT2D eigenvalue weighted by Gasteiger charge is -2.24. The van der Waals surface area contributed by atoms with Gasteiger partial charge in [-0.3, -0.25) is 19.2 Å². The van der Waals surface area contributed by atoms with Crippen LogP contribution in [0, 0.1) is 0 Å². The van der Waals surface area contributed by atoms with Crippen molar-refractivity contribution in [2.24, 2.45) is 0 Å². The van der Waals surface area contributed by atoms with Crippen molar-refractivity contribution in [3.8, 4) is 0 Å². The van der Waals surface area contributed by atoms with Gasteiger partial charge in [0, 0.05) is 49.9 Å². The third-order valence-corrected chi connectivity index (χ3v) is 7.14. The van der Waals surface area contributed by atoms with E-state index in [9.17, 15) is 19.2 Å². The molecule has 3 aromatic rings.